The standard InChI is InChI=1S/C11H27GeN2/c1-12(8-6-10-13(2)3)9-7-11-14(4)5/h6-11H2,1-5H3. The van der Waals surface area contributed by atoms with Crippen LogP contribution < -0.4 is 0 Å². The van der Waals surface area contributed by atoms with Gasteiger partial charge in [-0.1, -0.05) is 0 Å². The maximum absolute atomic E-state index is 2.55. The summed E-state index contributed by atoms with van der Waals surface area (Å²) >= 11 is -0.627. The quantitative estimate of drug-likeness (QED) is 0.616. The summed E-state index contributed by atoms with van der Waals surface area (Å²) in [4.78, 5) is 4.59. The molecular weight excluding hydrogens is 233 g/mol. The van der Waals surface area contributed by atoms with Gasteiger partial charge in [-0.2, -0.15) is 0 Å². The molecule has 0 saturated heterocycles. The van der Waals surface area contributed by atoms with Crippen molar-refractivity contribution >= 4 is 14.3 Å². The van der Waals surface area contributed by atoms with Gasteiger partial charge in [-0.25, -0.2) is 0 Å². The third-order valence-corrected chi connectivity index (χ3v) is 7.48. The first kappa shape index (κ1) is 14.5. The summed E-state index contributed by atoms with van der Waals surface area (Å²) in [6.07, 6.45) is 2.83. The molecule has 0 atom stereocenters. The second kappa shape index (κ2) is 8.75. The Hall–Kier alpha value is 0.463. The second-order valence-electron chi connectivity index (χ2n) is 4.77. The fourth-order valence-electron chi connectivity index (χ4n) is 1.52. The van der Waals surface area contributed by atoms with Crippen LogP contribution in [0.15, 0.2) is 0 Å². The van der Waals surface area contributed by atoms with Gasteiger partial charge < -0.3 is 0 Å². The molecule has 0 bridgehead atoms. The SMILES string of the molecule is CN(C)CC[CH2][Ge]([CH3])[CH2]CCN(C)C. The molecule has 0 rings (SSSR count). The van der Waals surface area contributed by atoms with Crippen LogP contribution in [0.5, 0.6) is 0 Å². The van der Waals surface area contributed by atoms with E-state index in [0.717, 1.165) is 0 Å². The Bertz CT molecular complexity index is 112. The zero-order valence-corrected chi connectivity index (χ0v) is 12.7. The molecular formula is C11H27GeN2. The van der Waals surface area contributed by atoms with Crippen LogP contribution in [0.4, 0.5) is 0 Å². The van der Waals surface area contributed by atoms with E-state index in [4.69, 9.17) is 0 Å². The summed E-state index contributed by atoms with van der Waals surface area (Å²) in [7, 11) is 8.67. The van der Waals surface area contributed by atoms with Crippen LogP contribution in [0.3, 0.4) is 0 Å². The van der Waals surface area contributed by atoms with E-state index >= 15 is 0 Å². The second-order valence-corrected chi connectivity index (χ2v) is 10.9. The van der Waals surface area contributed by atoms with Gasteiger partial charge in [0.1, 0.15) is 0 Å². The van der Waals surface area contributed by atoms with Gasteiger partial charge in [-0.15, -0.1) is 0 Å². The zero-order valence-electron chi connectivity index (χ0n) is 10.6. The molecule has 0 heterocycles. The Balaban J connectivity index is 3.23. The van der Waals surface area contributed by atoms with Crippen LogP contribution >= 0.6 is 0 Å². The molecule has 85 valence electrons. The maximum atomic E-state index is 2.55. The van der Waals surface area contributed by atoms with E-state index < -0.39 is 14.3 Å². The number of hydrogen-bond acceptors (Lipinski definition) is 2. The first-order valence-corrected chi connectivity index (χ1v) is 10.7. The zero-order chi connectivity index (χ0) is 11.0. The Morgan fingerprint density at radius 3 is 1.43 bits per heavy atom. The van der Waals surface area contributed by atoms with E-state index in [9.17, 15) is 0 Å². The summed E-state index contributed by atoms with van der Waals surface area (Å²) in [5.41, 5.74) is 0. The summed E-state index contributed by atoms with van der Waals surface area (Å²) in [6.45, 7) is 2.55. The molecule has 0 unspecified atom stereocenters. The molecule has 0 spiro atoms. The Morgan fingerprint density at radius 2 is 1.14 bits per heavy atom. The molecule has 0 aliphatic heterocycles. The third kappa shape index (κ3) is 10.5. The van der Waals surface area contributed by atoms with E-state index in [1.807, 2.05) is 0 Å². The van der Waals surface area contributed by atoms with Crippen molar-refractivity contribution in [3.63, 3.8) is 0 Å². The topological polar surface area (TPSA) is 6.48 Å². The number of hydrogen-bond donors (Lipinski definition) is 0. The van der Waals surface area contributed by atoms with Crippen molar-refractivity contribution in [2.24, 2.45) is 0 Å². The molecule has 0 aliphatic carbocycles. The van der Waals surface area contributed by atoms with Crippen LogP contribution in [0.2, 0.25) is 16.3 Å². The molecule has 0 fully saturated rings. The van der Waals surface area contributed by atoms with Crippen molar-refractivity contribution in [3.8, 4) is 0 Å². The van der Waals surface area contributed by atoms with Gasteiger partial charge in [-0.05, 0) is 0 Å². The van der Waals surface area contributed by atoms with Crippen LogP contribution in [0.1, 0.15) is 12.8 Å². The van der Waals surface area contributed by atoms with Crippen LogP contribution in [-0.2, 0) is 0 Å². The van der Waals surface area contributed by atoms with E-state index in [1.165, 1.54) is 25.9 Å². The van der Waals surface area contributed by atoms with Gasteiger partial charge in [0, 0.05) is 0 Å². The normalized spacial score (nSPS) is 12.0. The molecule has 1 radical (unpaired) electrons. The molecule has 0 aliphatic rings. The Morgan fingerprint density at radius 1 is 0.786 bits per heavy atom. The average molecular weight is 260 g/mol. The van der Waals surface area contributed by atoms with Crippen molar-refractivity contribution in [1.29, 1.82) is 0 Å². The minimum atomic E-state index is -0.627. The molecule has 0 aromatic heterocycles. The monoisotopic (exact) mass is 261 g/mol. The molecule has 0 aromatic rings. The van der Waals surface area contributed by atoms with E-state index in [2.05, 4.69) is 43.7 Å². The first-order chi connectivity index (χ1) is 6.52. The molecule has 2 nitrogen and oxygen atoms in total. The van der Waals surface area contributed by atoms with Crippen molar-refractivity contribution in [2.75, 3.05) is 41.3 Å². The fraction of sp³-hybridized carbons (Fsp3) is 1.00. The molecule has 14 heavy (non-hydrogen) atoms. The number of nitrogens with zero attached hydrogens (tertiary/aromatic N) is 2. The van der Waals surface area contributed by atoms with Crippen LogP contribution in [0.25, 0.3) is 0 Å². The first-order valence-electron chi connectivity index (χ1n) is 5.63. The fourth-order valence-corrected chi connectivity index (χ4v) is 5.24. The minimum absolute atomic E-state index is 0.627. The molecule has 0 N–H and O–H groups in total. The molecule has 0 aromatic carbocycles. The van der Waals surface area contributed by atoms with E-state index in [-0.39, 0.29) is 0 Å². The molecule has 3 heteroatoms. The van der Waals surface area contributed by atoms with Crippen molar-refractivity contribution in [1.82, 2.24) is 9.80 Å². The predicted octanol–water partition coefficient (Wildman–Crippen LogP) is 2.01. The van der Waals surface area contributed by atoms with Crippen molar-refractivity contribution in [3.05, 3.63) is 0 Å². The number of rotatable bonds is 8. The van der Waals surface area contributed by atoms with Crippen LogP contribution in [0, 0.1) is 0 Å². The Labute approximate surface area is 94.8 Å². The molecule has 0 amide bonds. The van der Waals surface area contributed by atoms with Gasteiger partial charge in [0.25, 0.3) is 0 Å². The van der Waals surface area contributed by atoms with Gasteiger partial charge in [0.15, 0.2) is 0 Å². The summed E-state index contributed by atoms with van der Waals surface area (Å²) < 4.78 is 0. The van der Waals surface area contributed by atoms with Crippen molar-refractivity contribution < 1.29 is 0 Å². The van der Waals surface area contributed by atoms with Gasteiger partial charge in [0.05, 0.1) is 0 Å². The summed E-state index contributed by atoms with van der Waals surface area (Å²) in [5.74, 6) is 2.55. The Kier molecular flexibility index (Phi) is 9.03. The van der Waals surface area contributed by atoms with Gasteiger partial charge >= 0.3 is 94.5 Å². The van der Waals surface area contributed by atoms with Crippen LogP contribution in [-0.4, -0.2) is 65.4 Å². The van der Waals surface area contributed by atoms with E-state index in [1.54, 1.807) is 10.5 Å². The van der Waals surface area contributed by atoms with E-state index in [0.29, 0.717) is 0 Å². The summed E-state index contributed by atoms with van der Waals surface area (Å²) in [5, 5.41) is 3.09. The van der Waals surface area contributed by atoms with Crippen molar-refractivity contribution in [2.45, 2.75) is 29.1 Å². The predicted molar refractivity (Wildman–Crippen MR) is 67.6 cm³/mol. The third-order valence-electron chi connectivity index (χ3n) is 2.42. The van der Waals surface area contributed by atoms with Gasteiger partial charge in [0.2, 0.25) is 0 Å². The summed E-state index contributed by atoms with van der Waals surface area (Å²) in [6, 6.07) is 0. The van der Waals surface area contributed by atoms with Gasteiger partial charge in [-0.3, -0.25) is 0 Å². The molecule has 0 saturated carbocycles. The average Bonchev–Trinajstić information content (AvgIpc) is 2.02.